The fourth-order valence-corrected chi connectivity index (χ4v) is 2.61. The van der Waals surface area contributed by atoms with Crippen molar-refractivity contribution in [1.82, 2.24) is 4.98 Å². The minimum absolute atomic E-state index is 0.236. The number of fused-ring (bicyclic) bond motifs is 1. The molecule has 0 aliphatic rings. The summed E-state index contributed by atoms with van der Waals surface area (Å²) in [5, 5.41) is 0.809. The minimum Gasteiger partial charge on any atom is -0.457 e. The second kappa shape index (κ2) is 5.61. The molecule has 106 valence electrons. The van der Waals surface area contributed by atoms with Crippen LogP contribution in [0.4, 0.5) is 5.69 Å². The quantitative estimate of drug-likeness (QED) is 0.559. The standard InChI is InChI=1S/C16H13BrN2O2/c17-11-3-1-2-10(6-11)9-21-16(20)14-8-19-15-7-12(18)4-5-13(14)15/h1-8,19H,9,18H2. The van der Waals surface area contributed by atoms with E-state index >= 15 is 0 Å². The van der Waals surface area contributed by atoms with Crippen molar-refractivity contribution in [2.24, 2.45) is 0 Å². The van der Waals surface area contributed by atoms with E-state index in [0.717, 1.165) is 20.9 Å². The van der Waals surface area contributed by atoms with Crippen LogP contribution in [0.1, 0.15) is 15.9 Å². The van der Waals surface area contributed by atoms with Crippen LogP contribution in [0, 0.1) is 0 Å². The molecule has 0 fully saturated rings. The van der Waals surface area contributed by atoms with Crippen LogP contribution in [0.25, 0.3) is 10.9 Å². The summed E-state index contributed by atoms with van der Waals surface area (Å²) in [6.07, 6.45) is 1.65. The third-order valence-electron chi connectivity index (χ3n) is 3.18. The molecule has 0 amide bonds. The molecule has 21 heavy (non-hydrogen) atoms. The number of nitrogen functional groups attached to an aromatic ring is 1. The zero-order chi connectivity index (χ0) is 14.8. The van der Waals surface area contributed by atoms with E-state index in [1.54, 1.807) is 18.3 Å². The number of benzene rings is 2. The normalized spacial score (nSPS) is 10.7. The number of carbonyl (C=O) groups is 1. The molecule has 5 heteroatoms. The van der Waals surface area contributed by atoms with Gasteiger partial charge in [0.1, 0.15) is 6.61 Å². The van der Waals surface area contributed by atoms with E-state index in [1.807, 2.05) is 30.3 Å². The molecule has 0 bridgehead atoms. The lowest BCUT2D eigenvalue weighted by atomic mass is 10.1. The maximum Gasteiger partial charge on any atom is 0.340 e. The fraction of sp³-hybridized carbons (Fsp3) is 0.0625. The van der Waals surface area contributed by atoms with Gasteiger partial charge in [0.15, 0.2) is 0 Å². The highest BCUT2D eigenvalue weighted by Gasteiger charge is 2.13. The highest BCUT2D eigenvalue weighted by molar-refractivity contribution is 9.10. The number of H-pyrrole nitrogens is 1. The van der Waals surface area contributed by atoms with Gasteiger partial charge in [-0.25, -0.2) is 4.79 Å². The molecule has 4 nitrogen and oxygen atoms in total. The van der Waals surface area contributed by atoms with Crippen molar-refractivity contribution >= 4 is 38.5 Å². The van der Waals surface area contributed by atoms with Crippen LogP contribution in [0.5, 0.6) is 0 Å². The minimum atomic E-state index is -0.356. The van der Waals surface area contributed by atoms with Crippen LogP contribution in [0.3, 0.4) is 0 Å². The largest absolute Gasteiger partial charge is 0.457 e. The Morgan fingerprint density at radius 2 is 2.10 bits per heavy atom. The molecule has 0 unspecified atom stereocenters. The van der Waals surface area contributed by atoms with Gasteiger partial charge in [0.25, 0.3) is 0 Å². The summed E-state index contributed by atoms with van der Waals surface area (Å²) in [4.78, 5) is 15.2. The van der Waals surface area contributed by atoms with Gasteiger partial charge in [0.05, 0.1) is 5.56 Å². The van der Waals surface area contributed by atoms with Crippen molar-refractivity contribution in [3.05, 3.63) is 64.3 Å². The van der Waals surface area contributed by atoms with Crippen molar-refractivity contribution in [1.29, 1.82) is 0 Å². The highest BCUT2D eigenvalue weighted by atomic mass is 79.9. The molecule has 2 aromatic carbocycles. The van der Waals surface area contributed by atoms with Crippen LogP contribution in [0.2, 0.25) is 0 Å². The molecule has 1 heterocycles. The molecule has 0 aliphatic carbocycles. The molecule has 0 radical (unpaired) electrons. The Hall–Kier alpha value is -2.27. The van der Waals surface area contributed by atoms with Crippen molar-refractivity contribution in [3.63, 3.8) is 0 Å². The SMILES string of the molecule is Nc1ccc2c(C(=O)OCc3cccc(Br)c3)c[nH]c2c1. The summed E-state index contributed by atoms with van der Waals surface area (Å²) >= 11 is 3.39. The van der Waals surface area contributed by atoms with Crippen molar-refractivity contribution in [2.75, 3.05) is 5.73 Å². The van der Waals surface area contributed by atoms with E-state index in [-0.39, 0.29) is 12.6 Å². The maximum atomic E-state index is 12.2. The number of aromatic amines is 1. The van der Waals surface area contributed by atoms with E-state index < -0.39 is 0 Å². The Bertz CT molecular complexity index is 811. The first kappa shape index (κ1) is 13.7. The first-order valence-corrected chi connectivity index (χ1v) is 7.21. The lowest BCUT2D eigenvalue weighted by Crippen LogP contribution is -2.04. The topological polar surface area (TPSA) is 68.1 Å². The van der Waals surface area contributed by atoms with Crippen molar-refractivity contribution in [3.8, 4) is 0 Å². The van der Waals surface area contributed by atoms with E-state index in [4.69, 9.17) is 10.5 Å². The Balaban J connectivity index is 1.78. The lowest BCUT2D eigenvalue weighted by Gasteiger charge is -2.05. The second-order valence-electron chi connectivity index (χ2n) is 4.71. The van der Waals surface area contributed by atoms with Crippen LogP contribution in [-0.4, -0.2) is 11.0 Å². The number of nitrogens with two attached hydrogens (primary N) is 1. The highest BCUT2D eigenvalue weighted by Crippen LogP contribution is 2.22. The van der Waals surface area contributed by atoms with Crippen LogP contribution in [0.15, 0.2) is 53.1 Å². The molecule has 0 atom stereocenters. The third-order valence-corrected chi connectivity index (χ3v) is 3.68. The number of ether oxygens (including phenoxy) is 1. The Morgan fingerprint density at radius 1 is 1.24 bits per heavy atom. The van der Waals surface area contributed by atoms with E-state index in [9.17, 15) is 4.79 Å². The molecule has 0 saturated carbocycles. The molecule has 3 N–H and O–H groups in total. The predicted molar refractivity (Wildman–Crippen MR) is 86.0 cm³/mol. The molecule has 0 spiro atoms. The van der Waals surface area contributed by atoms with Gasteiger partial charge in [-0.15, -0.1) is 0 Å². The van der Waals surface area contributed by atoms with Gasteiger partial charge >= 0.3 is 5.97 Å². The molecule has 3 rings (SSSR count). The smallest absolute Gasteiger partial charge is 0.340 e. The number of esters is 1. The zero-order valence-electron chi connectivity index (χ0n) is 11.1. The summed E-state index contributed by atoms with van der Waals surface area (Å²) in [5.74, 6) is -0.356. The van der Waals surface area contributed by atoms with Crippen LogP contribution >= 0.6 is 15.9 Å². The first-order chi connectivity index (χ1) is 10.1. The maximum absolute atomic E-state index is 12.2. The van der Waals surface area contributed by atoms with E-state index in [0.29, 0.717) is 11.3 Å². The van der Waals surface area contributed by atoms with E-state index in [2.05, 4.69) is 20.9 Å². The van der Waals surface area contributed by atoms with Gasteiger partial charge in [-0.05, 0) is 35.9 Å². The fourth-order valence-electron chi connectivity index (χ4n) is 2.17. The van der Waals surface area contributed by atoms with Gasteiger partial charge in [0.2, 0.25) is 0 Å². The summed E-state index contributed by atoms with van der Waals surface area (Å²) in [6, 6.07) is 13.0. The monoisotopic (exact) mass is 344 g/mol. The second-order valence-corrected chi connectivity index (χ2v) is 5.63. The first-order valence-electron chi connectivity index (χ1n) is 6.41. The number of nitrogens with one attached hydrogen (secondary N) is 1. The summed E-state index contributed by atoms with van der Waals surface area (Å²) < 4.78 is 6.31. The van der Waals surface area contributed by atoms with Gasteiger partial charge in [0, 0.05) is 27.3 Å². The van der Waals surface area contributed by atoms with Gasteiger partial charge in [-0.1, -0.05) is 28.1 Å². The van der Waals surface area contributed by atoms with Gasteiger partial charge in [-0.2, -0.15) is 0 Å². The lowest BCUT2D eigenvalue weighted by molar-refractivity contribution is 0.0475. The molecular weight excluding hydrogens is 332 g/mol. The molecule has 0 aliphatic heterocycles. The molecule has 1 aromatic heterocycles. The van der Waals surface area contributed by atoms with Crippen LogP contribution in [-0.2, 0) is 11.3 Å². The number of carbonyl (C=O) groups excluding carboxylic acids is 1. The Kier molecular flexibility index (Phi) is 3.66. The van der Waals surface area contributed by atoms with Gasteiger partial charge in [-0.3, -0.25) is 0 Å². The van der Waals surface area contributed by atoms with Crippen molar-refractivity contribution in [2.45, 2.75) is 6.61 Å². The van der Waals surface area contributed by atoms with E-state index in [1.165, 1.54) is 0 Å². The molecular formula is C16H13BrN2O2. The summed E-state index contributed by atoms with van der Waals surface area (Å²) in [6.45, 7) is 0.236. The van der Waals surface area contributed by atoms with Gasteiger partial charge < -0.3 is 15.5 Å². The molecule has 3 aromatic rings. The number of rotatable bonds is 3. The average Bonchev–Trinajstić information content (AvgIpc) is 2.88. The third kappa shape index (κ3) is 2.92. The average molecular weight is 345 g/mol. The zero-order valence-corrected chi connectivity index (χ0v) is 12.7. The number of anilines is 1. The summed E-state index contributed by atoms with van der Waals surface area (Å²) in [7, 11) is 0. The molecule has 0 saturated heterocycles. The number of hydrogen-bond donors (Lipinski definition) is 2. The number of hydrogen-bond acceptors (Lipinski definition) is 3. The Labute approximate surface area is 130 Å². The number of aromatic nitrogens is 1. The number of halogens is 1. The summed E-state index contributed by atoms with van der Waals surface area (Å²) in [5.41, 5.74) is 8.64. The van der Waals surface area contributed by atoms with Crippen molar-refractivity contribution < 1.29 is 9.53 Å². The predicted octanol–water partition coefficient (Wildman–Crippen LogP) is 3.87. The Morgan fingerprint density at radius 3 is 2.90 bits per heavy atom. The van der Waals surface area contributed by atoms with Crippen LogP contribution < -0.4 is 5.73 Å².